The van der Waals surface area contributed by atoms with Crippen molar-refractivity contribution in [1.82, 2.24) is 0 Å². The average molecular weight is 711 g/mol. The third kappa shape index (κ3) is 5.74. The van der Waals surface area contributed by atoms with E-state index in [2.05, 4.69) is 157 Å². The second-order valence-corrected chi connectivity index (χ2v) is 14.4. The molecule has 54 heavy (non-hydrogen) atoms. The highest BCUT2D eigenvalue weighted by Gasteiger charge is 2.21. The Morgan fingerprint density at radius 3 is 1.69 bits per heavy atom. The Kier molecular flexibility index (Phi) is 6.82. The van der Waals surface area contributed by atoms with Crippen molar-refractivity contribution in [2.24, 2.45) is 0 Å². The van der Waals surface area contributed by atoms with E-state index >= 15 is 0 Å². The fraction of sp³-hybridized carbons (Fsp3) is 0. The standard InChI is InChI=1S/C52H35NS/c1-4-14-36(15-5-1)38-26-30-43(31-27-38)53(44-32-28-41(29-33-44)46-23-12-21-39-20-10-11-22-45(39)46)50-25-13-24-47-49-35-42(37-16-6-2-7-17-37)34-48(51(49)54-52(47)50)40-18-8-3-9-19-40/h1-35H/i1D,4D,5D,14D,15D. The molecule has 1 heterocycles. The quantitative estimate of drug-likeness (QED) is 0.159. The van der Waals surface area contributed by atoms with E-state index in [1.54, 1.807) is 11.3 Å². The van der Waals surface area contributed by atoms with Crippen LogP contribution in [0.4, 0.5) is 17.1 Å². The maximum Gasteiger partial charge on any atom is 0.0640 e. The first kappa shape index (κ1) is 26.9. The van der Waals surface area contributed by atoms with Crippen LogP contribution < -0.4 is 4.90 Å². The molecule has 2 heteroatoms. The number of benzene rings is 9. The molecule has 0 N–H and O–H groups in total. The minimum absolute atomic E-state index is 0.183. The van der Waals surface area contributed by atoms with E-state index in [0.717, 1.165) is 49.4 Å². The maximum absolute atomic E-state index is 8.63. The lowest BCUT2D eigenvalue weighted by Crippen LogP contribution is -2.10. The van der Waals surface area contributed by atoms with Crippen molar-refractivity contribution in [3.8, 4) is 44.5 Å². The van der Waals surface area contributed by atoms with Crippen molar-refractivity contribution in [3.05, 3.63) is 212 Å². The molecule has 1 aromatic heterocycles. The predicted molar refractivity (Wildman–Crippen MR) is 233 cm³/mol. The summed E-state index contributed by atoms with van der Waals surface area (Å²) in [6, 6.07) is 61.9. The van der Waals surface area contributed by atoms with E-state index in [9.17, 15) is 0 Å². The molecule has 1 nitrogen and oxygen atoms in total. The highest BCUT2D eigenvalue weighted by atomic mass is 32.1. The fourth-order valence-electron chi connectivity index (χ4n) is 7.56. The molecule has 0 radical (unpaired) electrons. The molecule has 0 amide bonds. The van der Waals surface area contributed by atoms with E-state index in [1.807, 2.05) is 30.3 Å². The molecule has 9 aromatic carbocycles. The molecule has 0 atom stereocenters. The Morgan fingerprint density at radius 2 is 0.944 bits per heavy atom. The van der Waals surface area contributed by atoms with Gasteiger partial charge in [-0.25, -0.2) is 0 Å². The monoisotopic (exact) mass is 710 g/mol. The van der Waals surface area contributed by atoms with Crippen LogP contribution in [0.5, 0.6) is 0 Å². The molecule has 0 saturated carbocycles. The number of fused-ring (bicyclic) bond motifs is 4. The third-order valence-electron chi connectivity index (χ3n) is 10.2. The van der Waals surface area contributed by atoms with Gasteiger partial charge in [0.2, 0.25) is 0 Å². The van der Waals surface area contributed by atoms with E-state index in [4.69, 9.17) is 6.85 Å². The van der Waals surface area contributed by atoms with Crippen molar-refractivity contribution in [2.45, 2.75) is 0 Å². The number of hydrogen-bond donors (Lipinski definition) is 0. The molecule has 0 fully saturated rings. The van der Waals surface area contributed by atoms with Gasteiger partial charge in [-0.1, -0.05) is 170 Å². The maximum atomic E-state index is 8.63. The van der Waals surface area contributed by atoms with Gasteiger partial charge in [0, 0.05) is 32.4 Å². The second-order valence-electron chi connectivity index (χ2n) is 13.3. The summed E-state index contributed by atoms with van der Waals surface area (Å²) in [5.41, 5.74) is 10.5. The number of nitrogens with zero attached hydrogens (tertiary/aromatic N) is 1. The predicted octanol–water partition coefficient (Wildman–Crippen LogP) is 15.3. The molecule has 254 valence electrons. The lowest BCUT2D eigenvalue weighted by atomic mass is 9.96. The van der Waals surface area contributed by atoms with Crippen LogP contribution in [-0.4, -0.2) is 0 Å². The summed E-state index contributed by atoms with van der Waals surface area (Å²) in [6.45, 7) is 0. The van der Waals surface area contributed by atoms with Crippen molar-refractivity contribution in [2.75, 3.05) is 4.90 Å². The molecule has 0 bridgehead atoms. The topological polar surface area (TPSA) is 3.24 Å². The largest absolute Gasteiger partial charge is 0.309 e. The first-order chi connectivity index (χ1) is 28.9. The molecule has 10 rings (SSSR count). The summed E-state index contributed by atoms with van der Waals surface area (Å²) >= 11 is 1.79. The SMILES string of the molecule is [2H]c1c([2H])c([2H])c(-c2ccc(N(c3ccc(-c4cccc5ccccc45)cc3)c3cccc4c3sc3c(-c5ccccc5)cc(-c5ccccc5)cc34)cc2)c([2H])c1[2H]. The van der Waals surface area contributed by atoms with Gasteiger partial charge in [-0.2, -0.15) is 0 Å². The molecule has 0 aliphatic rings. The Bertz CT molecular complexity index is 3160. The Balaban J connectivity index is 1.18. The van der Waals surface area contributed by atoms with Crippen LogP contribution in [0.15, 0.2) is 212 Å². The van der Waals surface area contributed by atoms with Gasteiger partial charge in [0.1, 0.15) is 0 Å². The van der Waals surface area contributed by atoms with Crippen molar-refractivity contribution < 1.29 is 6.85 Å². The first-order valence-corrected chi connectivity index (χ1v) is 18.8. The van der Waals surface area contributed by atoms with Crippen molar-refractivity contribution >= 4 is 59.3 Å². The molecule has 0 saturated heterocycles. The van der Waals surface area contributed by atoms with Crippen molar-refractivity contribution in [3.63, 3.8) is 0 Å². The van der Waals surface area contributed by atoms with E-state index in [-0.39, 0.29) is 29.7 Å². The summed E-state index contributed by atoms with van der Waals surface area (Å²) in [5, 5.41) is 4.74. The molecule has 10 aromatic rings. The molecular weight excluding hydrogens is 671 g/mol. The van der Waals surface area contributed by atoms with Gasteiger partial charge in [0.05, 0.1) is 17.2 Å². The summed E-state index contributed by atoms with van der Waals surface area (Å²) in [5.74, 6) is 0. The zero-order valence-electron chi connectivity index (χ0n) is 34.2. The number of rotatable bonds is 7. The van der Waals surface area contributed by atoms with Gasteiger partial charge >= 0.3 is 0 Å². The Labute approximate surface area is 326 Å². The van der Waals surface area contributed by atoms with Crippen LogP contribution in [0.2, 0.25) is 0 Å². The smallest absolute Gasteiger partial charge is 0.0640 e. The van der Waals surface area contributed by atoms with Gasteiger partial charge in [-0.05, 0) is 92.2 Å². The van der Waals surface area contributed by atoms with E-state index in [0.29, 0.717) is 5.56 Å². The zero-order chi connectivity index (χ0) is 40.2. The molecule has 0 spiro atoms. The van der Waals surface area contributed by atoms with Crippen LogP contribution in [-0.2, 0) is 0 Å². The van der Waals surface area contributed by atoms with Crippen LogP contribution >= 0.6 is 11.3 Å². The zero-order valence-corrected chi connectivity index (χ0v) is 30.0. The van der Waals surface area contributed by atoms with E-state index in [1.165, 1.54) is 32.0 Å². The Morgan fingerprint density at radius 1 is 0.370 bits per heavy atom. The number of thiophene rings is 1. The van der Waals surface area contributed by atoms with Crippen LogP contribution in [0.1, 0.15) is 6.85 Å². The second kappa shape index (κ2) is 13.7. The first-order valence-electron chi connectivity index (χ1n) is 20.5. The fourth-order valence-corrected chi connectivity index (χ4v) is 8.88. The van der Waals surface area contributed by atoms with Gasteiger partial charge in [0.15, 0.2) is 0 Å². The van der Waals surface area contributed by atoms with E-state index < -0.39 is 6.04 Å². The summed E-state index contributed by atoms with van der Waals surface area (Å²) in [4.78, 5) is 2.26. The minimum Gasteiger partial charge on any atom is -0.309 e. The van der Waals surface area contributed by atoms with Crippen LogP contribution in [0.3, 0.4) is 0 Å². The average Bonchev–Trinajstić information content (AvgIpc) is 3.68. The number of anilines is 3. The van der Waals surface area contributed by atoms with Gasteiger partial charge in [-0.3, -0.25) is 0 Å². The Hall–Kier alpha value is -6.74. The van der Waals surface area contributed by atoms with Gasteiger partial charge in [-0.15, -0.1) is 11.3 Å². The lowest BCUT2D eigenvalue weighted by molar-refractivity contribution is 1.30. The summed E-state index contributed by atoms with van der Waals surface area (Å²) in [6.07, 6.45) is 0. The van der Waals surface area contributed by atoms with Gasteiger partial charge in [0.25, 0.3) is 0 Å². The summed E-state index contributed by atoms with van der Waals surface area (Å²) < 4.78 is 44.3. The molecule has 0 aliphatic heterocycles. The third-order valence-corrected chi connectivity index (χ3v) is 11.4. The van der Waals surface area contributed by atoms with Crippen LogP contribution in [0.25, 0.3) is 75.5 Å². The summed E-state index contributed by atoms with van der Waals surface area (Å²) in [7, 11) is 0. The molecular formula is C52H35NS. The van der Waals surface area contributed by atoms with Crippen molar-refractivity contribution in [1.29, 1.82) is 0 Å². The highest BCUT2D eigenvalue weighted by molar-refractivity contribution is 7.27. The molecule has 0 aliphatic carbocycles. The lowest BCUT2D eigenvalue weighted by Gasteiger charge is -2.26. The molecule has 0 unspecified atom stereocenters. The van der Waals surface area contributed by atoms with Crippen LogP contribution in [0, 0.1) is 0 Å². The number of hydrogen-bond acceptors (Lipinski definition) is 2. The highest BCUT2D eigenvalue weighted by Crippen LogP contribution is 2.48. The minimum atomic E-state index is -0.402. The van der Waals surface area contributed by atoms with Gasteiger partial charge < -0.3 is 4.90 Å². The normalized spacial score (nSPS) is 12.6.